The van der Waals surface area contributed by atoms with Crippen molar-refractivity contribution < 1.29 is 19.2 Å². The Morgan fingerprint density at radius 1 is 1.12 bits per heavy atom. The fourth-order valence-electron chi connectivity index (χ4n) is 2.69. The van der Waals surface area contributed by atoms with E-state index < -0.39 is 23.2 Å². The third kappa shape index (κ3) is 4.22. The number of ketones is 1. The summed E-state index contributed by atoms with van der Waals surface area (Å²) >= 11 is 5.70. The van der Waals surface area contributed by atoms with E-state index in [0.29, 0.717) is 5.56 Å². The van der Waals surface area contributed by atoms with Gasteiger partial charge in [-0.1, -0.05) is 29.3 Å². The van der Waals surface area contributed by atoms with E-state index in [4.69, 9.17) is 16.3 Å². The number of carbonyl (C=O) groups is 2. The lowest BCUT2D eigenvalue weighted by Gasteiger charge is -2.11. The van der Waals surface area contributed by atoms with Crippen molar-refractivity contribution in [2.75, 3.05) is 6.61 Å². The molecule has 0 fully saturated rings. The predicted molar refractivity (Wildman–Crippen MR) is 93.4 cm³/mol. The van der Waals surface area contributed by atoms with E-state index in [1.54, 1.807) is 0 Å². The van der Waals surface area contributed by atoms with Crippen LogP contribution in [0, 0.1) is 30.9 Å². The first kappa shape index (κ1) is 18.6. The van der Waals surface area contributed by atoms with Crippen LogP contribution < -0.4 is 0 Å². The molecule has 2 aromatic carbocycles. The fraction of sp³-hybridized carbons (Fsp3) is 0.222. The summed E-state index contributed by atoms with van der Waals surface area (Å²) < 4.78 is 5.00. The summed E-state index contributed by atoms with van der Waals surface area (Å²) in [5.41, 5.74) is 2.73. The van der Waals surface area contributed by atoms with Crippen LogP contribution in [-0.4, -0.2) is 23.3 Å². The lowest BCUT2D eigenvalue weighted by atomic mass is 9.97. The molecule has 130 valence electrons. The maximum absolute atomic E-state index is 12.4. The van der Waals surface area contributed by atoms with Gasteiger partial charge in [-0.05, 0) is 44.0 Å². The molecule has 2 aromatic rings. The molecule has 0 heterocycles. The van der Waals surface area contributed by atoms with Crippen LogP contribution >= 0.6 is 11.6 Å². The largest absolute Gasteiger partial charge is 0.454 e. The average molecular weight is 362 g/mol. The number of nitrogens with zero attached hydrogens (tertiary/aromatic N) is 1. The molecule has 0 saturated carbocycles. The van der Waals surface area contributed by atoms with E-state index in [1.807, 2.05) is 32.9 Å². The third-order valence-corrected chi connectivity index (χ3v) is 3.99. The number of aryl methyl sites for hydroxylation is 3. The minimum Gasteiger partial charge on any atom is -0.454 e. The maximum atomic E-state index is 12.4. The number of nitro benzene ring substituents is 1. The molecule has 0 aliphatic heterocycles. The van der Waals surface area contributed by atoms with Crippen LogP contribution in [0.5, 0.6) is 0 Å². The molecule has 0 aliphatic carbocycles. The molecular weight excluding hydrogens is 346 g/mol. The van der Waals surface area contributed by atoms with Gasteiger partial charge in [0.2, 0.25) is 5.78 Å². The standard InChI is InChI=1S/C18H16ClNO5/c1-10-6-11(2)17(12(3)7-10)16(21)9-25-18(22)13-4-5-14(19)15(8-13)20(23)24/h4-8H,9H2,1-3H3. The van der Waals surface area contributed by atoms with Gasteiger partial charge in [0.1, 0.15) is 5.02 Å². The van der Waals surface area contributed by atoms with Crippen molar-refractivity contribution in [2.24, 2.45) is 0 Å². The summed E-state index contributed by atoms with van der Waals surface area (Å²) in [5, 5.41) is 10.8. The minimum absolute atomic E-state index is 0.0405. The van der Waals surface area contributed by atoms with E-state index in [0.717, 1.165) is 22.8 Å². The summed E-state index contributed by atoms with van der Waals surface area (Å²) in [4.78, 5) is 34.6. The number of carbonyl (C=O) groups excluding carboxylic acids is 2. The summed E-state index contributed by atoms with van der Waals surface area (Å²) in [6, 6.07) is 7.34. The highest BCUT2D eigenvalue weighted by Gasteiger charge is 2.19. The molecule has 0 atom stereocenters. The monoisotopic (exact) mass is 361 g/mol. The summed E-state index contributed by atoms with van der Waals surface area (Å²) in [6.45, 7) is 5.12. The van der Waals surface area contributed by atoms with Gasteiger partial charge in [-0.2, -0.15) is 0 Å². The van der Waals surface area contributed by atoms with Crippen LogP contribution in [0.2, 0.25) is 5.02 Å². The Morgan fingerprint density at radius 3 is 2.28 bits per heavy atom. The molecule has 0 bridgehead atoms. The highest BCUT2D eigenvalue weighted by Crippen LogP contribution is 2.25. The Labute approximate surface area is 149 Å². The third-order valence-electron chi connectivity index (χ3n) is 3.67. The summed E-state index contributed by atoms with van der Waals surface area (Å²) in [7, 11) is 0. The second kappa shape index (κ2) is 7.44. The van der Waals surface area contributed by atoms with E-state index in [9.17, 15) is 19.7 Å². The predicted octanol–water partition coefficient (Wildman–Crippen LogP) is 4.21. The molecule has 0 radical (unpaired) electrons. The molecule has 0 amide bonds. The first-order valence-corrected chi connectivity index (χ1v) is 7.80. The van der Waals surface area contributed by atoms with Crippen molar-refractivity contribution in [3.05, 3.63) is 73.3 Å². The number of esters is 1. The lowest BCUT2D eigenvalue weighted by Crippen LogP contribution is -2.16. The van der Waals surface area contributed by atoms with Gasteiger partial charge in [0.05, 0.1) is 10.5 Å². The van der Waals surface area contributed by atoms with Crippen molar-refractivity contribution in [3.63, 3.8) is 0 Å². The highest BCUT2D eigenvalue weighted by molar-refractivity contribution is 6.32. The first-order chi connectivity index (χ1) is 11.7. The Kier molecular flexibility index (Phi) is 5.54. The van der Waals surface area contributed by atoms with Crippen molar-refractivity contribution in [2.45, 2.75) is 20.8 Å². The molecule has 0 unspecified atom stereocenters. The van der Waals surface area contributed by atoms with Crippen LogP contribution in [0.25, 0.3) is 0 Å². The smallest absolute Gasteiger partial charge is 0.338 e. The Bertz CT molecular complexity index is 853. The Hall–Kier alpha value is -2.73. The zero-order valence-electron chi connectivity index (χ0n) is 14.0. The molecule has 7 heteroatoms. The zero-order valence-corrected chi connectivity index (χ0v) is 14.7. The maximum Gasteiger partial charge on any atom is 0.338 e. The zero-order chi connectivity index (χ0) is 18.7. The molecule has 6 nitrogen and oxygen atoms in total. The molecule has 0 saturated heterocycles. The van der Waals surface area contributed by atoms with Crippen molar-refractivity contribution in [3.8, 4) is 0 Å². The Morgan fingerprint density at radius 2 is 1.72 bits per heavy atom. The van der Waals surface area contributed by atoms with Gasteiger partial charge >= 0.3 is 5.97 Å². The number of halogens is 1. The normalized spacial score (nSPS) is 10.4. The van der Waals surface area contributed by atoms with Crippen molar-refractivity contribution in [1.29, 1.82) is 0 Å². The van der Waals surface area contributed by atoms with Crippen LogP contribution in [0.1, 0.15) is 37.4 Å². The van der Waals surface area contributed by atoms with Crippen LogP contribution in [-0.2, 0) is 4.74 Å². The molecular formula is C18H16ClNO5. The van der Waals surface area contributed by atoms with E-state index in [1.165, 1.54) is 12.1 Å². The lowest BCUT2D eigenvalue weighted by molar-refractivity contribution is -0.384. The fourth-order valence-corrected chi connectivity index (χ4v) is 2.87. The number of hydrogen-bond donors (Lipinski definition) is 0. The number of Topliss-reactive ketones (excluding diaryl/α,β-unsaturated/α-hetero) is 1. The van der Waals surface area contributed by atoms with Crippen molar-refractivity contribution in [1.82, 2.24) is 0 Å². The second-order valence-corrected chi connectivity index (χ2v) is 6.10. The second-order valence-electron chi connectivity index (χ2n) is 5.70. The number of nitro groups is 1. The van der Waals surface area contributed by atoms with Gasteiger partial charge in [0.25, 0.3) is 5.69 Å². The van der Waals surface area contributed by atoms with Crippen molar-refractivity contribution >= 4 is 29.0 Å². The summed E-state index contributed by atoms with van der Waals surface area (Å²) in [6.07, 6.45) is 0. The summed E-state index contributed by atoms with van der Waals surface area (Å²) in [5.74, 6) is -1.15. The van der Waals surface area contributed by atoms with Gasteiger partial charge in [-0.15, -0.1) is 0 Å². The number of hydrogen-bond acceptors (Lipinski definition) is 5. The molecule has 0 aromatic heterocycles. The van der Waals surface area contributed by atoms with Gasteiger partial charge in [-0.25, -0.2) is 4.79 Å². The molecule has 2 rings (SSSR count). The number of benzene rings is 2. The van der Waals surface area contributed by atoms with Gasteiger partial charge in [0, 0.05) is 11.6 Å². The van der Waals surface area contributed by atoms with E-state index >= 15 is 0 Å². The van der Waals surface area contributed by atoms with Gasteiger partial charge < -0.3 is 4.74 Å². The molecule has 0 spiro atoms. The quantitative estimate of drug-likeness (QED) is 0.344. The minimum atomic E-state index is -0.824. The average Bonchev–Trinajstić information content (AvgIpc) is 2.51. The molecule has 0 N–H and O–H groups in total. The molecule has 25 heavy (non-hydrogen) atoms. The SMILES string of the molecule is Cc1cc(C)c(C(=O)COC(=O)c2ccc(Cl)c([N+](=O)[O-])c2)c(C)c1. The van der Waals surface area contributed by atoms with Crippen LogP contribution in [0.4, 0.5) is 5.69 Å². The number of ether oxygens (including phenoxy) is 1. The van der Waals surface area contributed by atoms with Gasteiger partial charge in [-0.3, -0.25) is 14.9 Å². The number of rotatable bonds is 5. The highest BCUT2D eigenvalue weighted by atomic mass is 35.5. The topological polar surface area (TPSA) is 86.5 Å². The van der Waals surface area contributed by atoms with Gasteiger partial charge in [0.15, 0.2) is 6.61 Å². The van der Waals surface area contributed by atoms with Crippen LogP contribution in [0.3, 0.4) is 0 Å². The molecule has 0 aliphatic rings. The first-order valence-electron chi connectivity index (χ1n) is 7.43. The van der Waals surface area contributed by atoms with Crippen LogP contribution in [0.15, 0.2) is 30.3 Å². The van der Waals surface area contributed by atoms with E-state index in [-0.39, 0.29) is 16.4 Å². The Balaban J connectivity index is 2.14. The van der Waals surface area contributed by atoms with E-state index in [2.05, 4.69) is 0 Å².